The van der Waals surface area contributed by atoms with Gasteiger partial charge in [0.05, 0.1) is 42.8 Å². The molecule has 0 radical (unpaired) electrons. The highest BCUT2D eigenvalue weighted by Gasteiger charge is 2.59. The number of ether oxygens (including phenoxy) is 4. The Morgan fingerprint density at radius 3 is 2.22 bits per heavy atom. The van der Waals surface area contributed by atoms with E-state index in [0.717, 1.165) is 6.26 Å². The predicted molar refractivity (Wildman–Crippen MR) is 115 cm³/mol. The zero-order valence-corrected chi connectivity index (χ0v) is 18.8. The lowest BCUT2D eigenvalue weighted by Gasteiger charge is -2.43. The number of hydrogen-bond acceptors (Lipinski definition) is 12. The van der Waals surface area contributed by atoms with Crippen molar-refractivity contribution in [2.45, 2.75) is 49.2 Å². The Balaban J connectivity index is 1.58. The van der Waals surface area contributed by atoms with E-state index in [0.29, 0.717) is 0 Å². The maximum Gasteiger partial charge on any atom is 0.338 e. The van der Waals surface area contributed by atoms with Crippen molar-refractivity contribution >= 4 is 11.9 Å². The number of carboxylic acid groups (broad SMARTS) is 1. The molecule has 1 aromatic carbocycles. The molecule has 2 fully saturated rings. The smallest absolute Gasteiger partial charge is 0.338 e. The molecule has 7 N–H and O–H groups in total. The van der Waals surface area contributed by atoms with Crippen molar-refractivity contribution in [2.75, 3.05) is 13.2 Å². The second-order valence-corrected chi connectivity index (χ2v) is 8.93. The number of carbonyl (C=O) groups excluding carboxylic acids is 1. The van der Waals surface area contributed by atoms with Gasteiger partial charge in [0.1, 0.15) is 24.4 Å². The lowest BCUT2D eigenvalue weighted by Crippen LogP contribution is -2.60. The Bertz CT molecular complexity index is 966. The first-order valence-corrected chi connectivity index (χ1v) is 11.3. The minimum atomic E-state index is -1.78. The van der Waals surface area contributed by atoms with E-state index < -0.39 is 92.1 Å². The quantitative estimate of drug-likeness (QED) is 0.190. The fourth-order valence-electron chi connectivity index (χ4n) is 4.93. The van der Waals surface area contributed by atoms with Gasteiger partial charge in [-0.3, -0.25) is 0 Å². The maximum atomic E-state index is 12.4. The fraction of sp³-hybridized carbons (Fsp3) is 0.565. The highest BCUT2D eigenvalue weighted by molar-refractivity contribution is 5.89. The highest BCUT2D eigenvalue weighted by Crippen LogP contribution is 2.48. The number of rotatable bonds is 7. The summed E-state index contributed by atoms with van der Waals surface area (Å²) >= 11 is 0. The Morgan fingerprint density at radius 1 is 0.889 bits per heavy atom. The molecule has 4 rings (SSSR count). The molecule has 0 aromatic heterocycles. The van der Waals surface area contributed by atoms with Crippen LogP contribution in [-0.4, -0.2) is 110 Å². The largest absolute Gasteiger partial charge is 0.478 e. The van der Waals surface area contributed by atoms with Gasteiger partial charge in [-0.1, -0.05) is 18.2 Å². The Morgan fingerprint density at radius 2 is 1.58 bits per heavy atom. The second kappa shape index (κ2) is 10.8. The number of aliphatic hydroxyl groups excluding tert-OH is 6. The van der Waals surface area contributed by atoms with Gasteiger partial charge in [0, 0.05) is 17.8 Å². The molecule has 1 aliphatic carbocycles. The molecule has 198 valence electrons. The van der Waals surface area contributed by atoms with E-state index in [1.165, 1.54) is 12.1 Å². The third kappa shape index (κ3) is 4.84. The summed E-state index contributed by atoms with van der Waals surface area (Å²) in [6.07, 6.45) is -11.8. The zero-order chi connectivity index (χ0) is 26.1. The van der Waals surface area contributed by atoms with Gasteiger partial charge >= 0.3 is 11.9 Å². The molecule has 13 heteroatoms. The van der Waals surface area contributed by atoms with Crippen molar-refractivity contribution < 1.29 is 64.3 Å². The summed E-state index contributed by atoms with van der Waals surface area (Å²) in [5.41, 5.74) is -0.112. The Labute approximate surface area is 204 Å². The van der Waals surface area contributed by atoms with Crippen molar-refractivity contribution in [3.63, 3.8) is 0 Å². The minimum absolute atomic E-state index is 0.238. The van der Waals surface area contributed by atoms with Gasteiger partial charge in [-0.05, 0) is 12.1 Å². The molecule has 13 nitrogen and oxygen atoms in total. The molecular formula is C23H28O13. The van der Waals surface area contributed by atoms with Crippen molar-refractivity contribution in [2.24, 2.45) is 17.8 Å². The van der Waals surface area contributed by atoms with Crippen LogP contribution in [0.2, 0.25) is 0 Å². The lowest BCUT2D eigenvalue weighted by atomic mass is 9.82. The van der Waals surface area contributed by atoms with Gasteiger partial charge in [0.25, 0.3) is 0 Å². The van der Waals surface area contributed by atoms with E-state index in [2.05, 4.69) is 0 Å². The van der Waals surface area contributed by atoms with Crippen LogP contribution < -0.4 is 0 Å². The number of esters is 1. The molecular weight excluding hydrogens is 484 g/mol. The number of aliphatic carboxylic acids is 1. The van der Waals surface area contributed by atoms with Crippen LogP contribution in [0.25, 0.3) is 0 Å². The van der Waals surface area contributed by atoms with Crippen LogP contribution >= 0.6 is 0 Å². The summed E-state index contributed by atoms with van der Waals surface area (Å²) in [5, 5.41) is 70.8. The van der Waals surface area contributed by atoms with Crippen LogP contribution in [0.3, 0.4) is 0 Å². The molecule has 3 aliphatic rings. The van der Waals surface area contributed by atoms with Gasteiger partial charge < -0.3 is 54.7 Å². The molecule has 0 unspecified atom stereocenters. The minimum Gasteiger partial charge on any atom is -0.478 e. The van der Waals surface area contributed by atoms with Crippen LogP contribution in [-0.2, 0) is 23.7 Å². The van der Waals surface area contributed by atoms with E-state index in [1.807, 2.05) is 0 Å². The average Bonchev–Trinajstić information content (AvgIpc) is 3.13. The first-order valence-electron chi connectivity index (χ1n) is 11.3. The Hall–Kier alpha value is -2.62. The van der Waals surface area contributed by atoms with E-state index in [-0.39, 0.29) is 11.1 Å². The molecule has 1 saturated carbocycles. The van der Waals surface area contributed by atoms with E-state index >= 15 is 0 Å². The average molecular weight is 512 g/mol. The number of aliphatic hydroxyl groups is 6. The fourth-order valence-corrected chi connectivity index (χ4v) is 4.93. The van der Waals surface area contributed by atoms with E-state index in [9.17, 15) is 45.3 Å². The van der Waals surface area contributed by atoms with Gasteiger partial charge in [0.15, 0.2) is 6.29 Å². The zero-order valence-electron chi connectivity index (χ0n) is 18.8. The van der Waals surface area contributed by atoms with Crippen LogP contribution in [0.4, 0.5) is 0 Å². The topological polar surface area (TPSA) is 213 Å². The monoisotopic (exact) mass is 512 g/mol. The van der Waals surface area contributed by atoms with E-state index in [4.69, 9.17) is 18.9 Å². The van der Waals surface area contributed by atoms with Crippen LogP contribution in [0.1, 0.15) is 10.4 Å². The summed E-state index contributed by atoms with van der Waals surface area (Å²) in [7, 11) is 0. The standard InChI is InChI=1S/C23H28O13/c24-6-12-16(26)18(28)19(29)23(35-12)36-22-14-10(7-33-21(32)9-4-2-1-3-5-9)15(25)17(27)13(14)11(8-34-22)20(30)31/h1-5,8,10,12-19,22-29H,6-7H2,(H,30,31)/t10-,12+,13+,14-,15+,16+,17-,18-,19+,22-,23+/m0/s1. The first kappa shape index (κ1) is 26.4. The second-order valence-electron chi connectivity index (χ2n) is 8.93. The number of carbonyl (C=O) groups is 2. The van der Waals surface area contributed by atoms with Gasteiger partial charge in [-0.15, -0.1) is 0 Å². The third-order valence-electron chi connectivity index (χ3n) is 6.85. The van der Waals surface area contributed by atoms with Crippen molar-refractivity contribution in [3.8, 4) is 0 Å². The Kier molecular flexibility index (Phi) is 7.92. The number of hydrogen-bond donors (Lipinski definition) is 7. The SMILES string of the molecule is O=C(O)C1=CO[C@@H](O[C@H]2O[C@H](CO)[C@@H](O)[C@H](O)[C@H]2O)[C@H]2[C@H](COC(=O)c3ccccc3)[C@@H](O)[C@@H](O)[C@H]12. The molecule has 2 aliphatic heterocycles. The van der Waals surface area contributed by atoms with Crippen molar-refractivity contribution in [3.05, 3.63) is 47.7 Å². The normalized spacial score (nSPS) is 40.1. The van der Waals surface area contributed by atoms with Crippen molar-refractivity contribution in [1.29, 1.82) is 0 Å². The lowest BCUT2D eigenvalue weighted by molar-refractivity contribution is -0.343. The maximum absolute atomic E-state index is 12.4. The summed E-state index contributed by atoms with van der Waals surface area (Å²) in [5.74, 6) is -5.48. The molecule has 0 spiro atoms. The van der Waals surface area contributed by atoms with Crippen molar-refractivity contribution in [1.82, 2.24) is 0 Å². The van der Waals surface area contributed by atoms with Gasteiger partial charge in [-0.25, -0.2) is 9.59 Å². The van der Waals surface area contributed by atoms with Crippen LogP contribution in [0.5, 0.6) is 0 Å². The number of benzene rings is 1. The van der Waals surface area contributed by atoms with Gasteiger partial charge in [0.2, 0.25) is 6.29 Å². The molecule has 1 saturated heterocycles. The molecule has 2 heterocycles. The molecule has 0 amide bonds. The summed E-state index contributed by atoms with van der Waals surface area (Å²) < 4.78 is 21.8. The molecule has 0 bridgehead atoms. The van der Waals surface area contributed by atoms with Crippen LogP contribution in [0.15, 0.2) is 42.2 Å². The van der Waals surface area contributed by atoms with Crippen LogP contribution in [0, 0.1) is 17.8 Å². The molecule has 11 atom stereocenters. The van der Waals surface area contributed by atoms with E-state index in [1.54, 1.807) is 18.2 Å². The van der Waals surface area contributed by atoms with Gasteiger partial charge in [-0.2, -0.15) is 0 Å². The predicted octanol–water partition coefficient (Wildman–Crippen LogP) is -2.43. The molecule has 36 heavy (non-hydrogen) atoms. The first-order chi connectivity index (χ1) is 17.1. The summed E-state index contributed by atoms with van der Waals surface area (Å²) in [6, 6.07) is 8.00. The number of carboxylic acids is 1. The number of fused-ring (bicyclic) bond motifs is 1. The summed E-state index contributed by atoms with van der Waals surface area (Å²) in [6.45, 7) is -1.14. The highest BCUT2D eigenvalue weighted by atomic mass is 16.8. The summed E-state index contributed by atoms with van der Waals surface area (Å²) in [4.78, 5) is 24.2. The third-order valence-corrected chi connectivity index (χ3v) is 6.85. The molecule has 1 aromatic rings.